The molecule has 0 spiro atoms. The molecule has 3 aliphatic heterocycles. The zero-order chi connectivity index (χ0) is 23.9. The maximum Gasteiger partial charge on any atom is 0.416 e. The van der Waals surface area contributed by atoms with Crippen LogP contribution >= 0.6 is 0 Å². The van der Waals surface area contributed by atoms with Gasteiger partial charge in [-0.2, -0.15) is 13.2 Å². The Morgan fingerprint density at radius 3 is 2.91 bits per heavy atom. The van der Waals surface area contributed by atoms with Crippen LogP contribution in [0.4, 0.5) is 19.1 Å². The van der Waals surface area contributed by atoms with Crippen LogP contribution in [-0.4, -0.2) is 51.8 Å². The lowest BCUT2D eigenvalue weighted by molar-refractivity contribution is -0.137. The molecule has 0 radical (unpaired) electrons. The lowest BCUT2D eigenvalue weighted by atomic mass is 9.96. The molecule has 3 atom stereocenters. The van der Waals surface area contributed by atoms with Crippen LogP contribution in [0.2, 0.25) is 0 Å². The predicted octanol–water partition coefficient (Wildman–Crippen LogP) is 4.30. The minimum Gasteiger partial charge on any atom is -0.458 e. The Morgan fingerprint density at radius 1 is 1.26 bits per heavy atom. The smallest absolute Gasteiger partial charge is 0.416 e. The van der Waals surface area contributed by atoms with Crippen molar-refractivity contribution in [2.24, 2.45) is 0 Å². The first kappa shape index (κ1) is 22.5. The Kier molecular flexibility index (Phi) is 5.85. The molecule has 180 valence electrons. The zero-order valence-corrected chi connectivity index (χ0v) is 19.0. The second-order valence-electron chi connectivity index (χ2n) is 8.80. The molecule has 0 amide bonds. The number of benzene rings is 1. The van der Waals surface area contributed by atoms with Crippen LogP contribution in [0.3, 0.4) is 0 Å². The van der Waals surface area contributed by atoms with Crippen LogP contribution in [-0.2, 0) is 10.9 Å². The summed E-state index contributed by atoms with van der Waals surface area (Å²) in [5.74, 6) is 0.505. The van der Waals surface area contributed by atoms with E-state index in [2.05, 4.69) is 34.5 Å². The molecule has 2 aromatic rings. The van der Waals surface area contributed by atoms with E-state index in [-0.39, 0.29) is 6.04 Å². The Morgan fingerprint density at radius 2 is 2.12 bits per heavy atom. The van der Waals surface area contributed by atoms with Crippen molar-refractivity contribution in [1.82, 2.24) is 25.1 Å². The number of alkyl halides is 3. The quantitative estimate of drug-likeness (QED) is 0.673. The lowest BCUT2D eigenvalue weighted by Crippen LogP contribution is -2.44. The third kappa shape index (κ3) is 4.29. The van der Waals surface area contributed by atoms with E-state index in [1.54, 1.807) is 30.8 Å². The van der Waals surface area contributed by atoms with Gasteiger partial charge in [0.2, 0.25) is 5.95 Å². The minimum atomic E-state index is -4.43. The predicted molar refractivity (Wildman–Crippen MR) is 123 cm³/mol. The van der Waals surface area contributed by atoms with Crippen LogP contribution in [0.15, 0.2) is 49.0 Å². The molecule has 1 saturated heterocycles. The van der Waals surface area contributed by atoms with Crippen LogP contribution in [0, 0.1) is 0 Å². The van der Waals surface area contributed by atoms with Gasteiger partial charge in [0.25, 0.3) is 6.35 Å². The van der Waals surface area contributed by atoms with Gasteiger partial charge in [0.1, 0.15) is 6.26 Å². The van der Waals surface area contributed by atoms with Gasteiger partial charge in [-0.05, 0) is 44.5 Å². The Bertz CT molecular complexity index is 1120. The van der Waals surface area contributed by atoms with Crippen molar-refractivity contribution in [2.75, 3.05) is 18.9 Å². The van der Waals surface area contributed by atoms with Gasteiger partial charge in [-0.1, -0.05) is 19.1 Å². The van der Waals surface area contributed by atoms with Crippen LogP contribution in [0.1, 0.15) is 43.0 Å². The number of piperidine rings is 1. The molecule has 1 fully saturated rings. The number of halogens is 3. The van der Waals surface area contributed by atoms with E-state index in [1.807, 2.05) is 4.90 Å². The number of nitrogens with zero attached hydrogens (tertiary/aromatic N) is 4. The normalized spacial score (nSPS) is 24.7. The summed E-state index contributed by atoms with van der Waals surface area (Å²) in [5.41, 5.74) is 1.45. The van der Waals surface area contributed by atoms with E-state index in [9.17, 15) is 13.2 Å². The molecule has 2 N–H and O–H groups in total. The summed E-state index contributed by atoms with van der Waals surface area (Å²) in [7, 11) is 2.15. The number of nitrogens with one attached hydrogen (secondary N) is 2. The fraction of sp³-hybridized carbons (Fsp3) is 0.417. The van der Waals surface area contributed by atoms with Crippen LogP contribution < -0.4 is 10.6 Å². The molecule has 1 aromatic heterocycles. The number of anilines is 1. The van der Waals surface area contributed by atoms with Gasteiger partial charge in [-0.3, -0.25) is 4.90 Å². The molecule has 5 rings (SSSR count). The molecule has 0 saturated carbocycles. The first-order valence-electron chi connectivity index (χ1n) is 11.4. The first-order chi connectivity index (χ1) is 16.3. The maximum absolute atomic E-state index is 13.3. The average Bonchev–Trinajstić information content (AvgIpc) is 3.41. The van der Waals surface area contributed by atoms with E-state index in [0.29, 0.717) is 34.6 Å². The second kappa shape index (κ2) is 8.83. The highest BCUT2D eigenvalue weighted by molar-refractivity contribution is 5.91. The summed E-state index contributed by atoms with van der Waals surface area (Å²) in [4.78, 5) is 13.4. The highest BCUT2D eigenvalue weighted by Crippen LogP contribution is 2.38. The van der Waals surface area contributed by atoms with Gasteiger partial charge < -0.3 is 20.3 Å². The first-order valence-corrected chi connectivity index (χ1v) is 11.4. The number of rotatable bonds is 5. The maximum atomic E-state index is 13.3. The van der Waals surface area contributed by atoms with Gasteiger partial charge in [-0.15, -0.1) is 0 Å². The third-order valence-electron chi connectivity index (χ3n) is 6.64. The van der Waals surface area contributed by atoms with E-state index in [1.165, 1.54) is 6.07 Å². The number of aromatic nitrogens is 2. The van der Waals surface area contributed by atoms with E-state index < -0.39 is 18.1 Å². The highest BCUT2D eigenvalue weighted by atomic mass is 19.4. The van der Waals surface area contributed by atoms with Gasteiger partial charge >= 0.3 is 6.18 Å². The third-order valence-corrected chi connectivity index (χ3v) is 6.64. The molecule has 0 bridgehead atoms. The molecule has 10 heteroatoms. The second-order valence-corrected chi connectivity index (χ2v) is 8.80. The molecule has 1 aromatic carbocycles. The number of likely N-dealkylation sites (tertiary alicyclic amines) is 1. The number of hydrogen-bond donors (Lipinski definition) is 2. The molecule has 4 heterocycles. The van der Waals surface area contributed by atoms with Gasteiger partial charge in [0, 0.05) is 36.6 Å². The molecule has 0 aliphatic carbocycles. The van der Waals surface area contributed by atoms with Crippen molar-refractivity contribution in [3.63, 3.8) is 0 Å². The Labute approximate surface area is 196 Å². The number of fused-ring (bicyclic) bond motifs is 1. The summed E-state index contributed by atoms with van der Waals surface area (Å²) in [6, 6.07) is 7.78. The van der Waals surface area contributed by atoms with E-state index >= 15 is 0 Å². The lowest BCUT2D eigenvalue weighted by Gasteiger charge is -2.37. The Hall–Kier alpha value is -3.27. The number of ether oxygens (including phenoxy) is 1. The standard InChI is InChI=1S/C24H27F3N6O/c1-3-18-14-17(8-10-32(18)2)29-22-28-9-7-19(30-22)21-20(31-23-33(21)11-12-34-23)15-5-4-6-16(13-15)24(25,26)27/h4-7,9,11-13,17-18,23,31H,3,8,10,14H2,1-2H3,(H,28,29,30)/t17-,18?,23?/m0/s1. The summed E-state index contributed by atoms with van der Waals surface area (Å²) in [6.45, 7) is 3.19. The van der Waals surface area contributed by atoms with Gasteiger partial charge in [-0.25, -0.2) is 9.97 Å². The Balaban J connectivity index is 1.48. The summed E-state index contributed by atoms with van der Waals surface area (Å²) in [5, 5.41) is 6.65. The summed E-state index contributed by atoms with van der Waals surface area (Å²) >= 11 is 0. The van der Waals surface area contributed by atoms with Crippen molar-refractivity contribution in [2.45, 2.75) is 50.8 Å². The van der Waals surface area contributed by atoms with E-state index in [4.69, 9.17) is 9.72 Å². The molecular formula is C24H27F3N6O. The van der Waals surface area contributed by atoms with Gasteiger partial charge in [0.05, 0.1) is 22.7 Å². The monoisotopic (exact) mass is 472 g/mol. The van der Waals surface area contributed by atoms with Crippen molar-refractivity contribution in [3.8, 4) is 0 Å². The summed E-state index contributed by atoms with van der Waals surface area (Å²) in [6.07, 6.45) is 3.06. The van der Waals surface area contributed by atoms with Crippen molar-refractivity contribution >= 4 is 17.3 Å². The van der Waals surface area contributed by atoms with Crippen LogP contribution in [0.25, 0.3) is 11.4 Å². The molecule has 3 aliphatic rings. The molecule has 7 nitrogen and oxygen atoms in total. The van der Waals surface area contributed by atoms with Crippen molar-refractivity contribution < 1.29 is 17.9 Å². The molecule has 2 unspecified atom stereocenters. The van der Waals surface area contributed by atoms with Gasteiger partial charge in [0.15, 0.2) is 0 Å². The fourth-order valence-corrected chi connectivity index (χ4v) is 4.79. The van der Waals surface area contributed by atoms with Crippen molar-refractivity contribution in [1.29, 1.82) is 0 Å². The SMILES string of the molecule is CCC1C[C@@H](Nc2nccc(C3=C(c4cccc(C(F)(F)F)c4)NC4OC=CN34)n2)CCN1C. The fourth-order valence-electron chi connectivity index (χ4n) is 4.79. The topological polar surface area (TPSA) is 65.6 Å². The minimum absolute atomic E-state index is 0.262. The number of hydrogen-bond acceptors (Lipinski definition) is 7. The molecule has 34 heavy (non-hydrogen) atoms. The van der Waals surface area contributed by atoms with E-state index in [0.717, 1.165) is 37.9 Å². The summed E-state index contributed by atoms with van der Waals surface area (Å²) < 4.78 is 45.6. The van der Waals surface area contributed by atoms with Crippen LogP contribution in [0.5, 0.6) is 0 Å². The average molecular weight is 473 g/mol. The zero-order valence-electron chi connectivity index (χ0n) is 19.0. The van der Waals surface area contributed by atoms with Crippen molar-refractivity contribution in [3.05, 3.63) is 65.8 Å². The molecular weight excluding hydrogens is 445 g/mol. The highest BCUT2D eigenvalue weighted by Gasteiger charge is 2.37. The largest absolute Gasteiger partial charge is 0.458 e.